The van der Waals surface area contributed by atoms with E-state index in [0.717, 1.165) is 28.6 Å². The van der Waals surface area contributed by atoms with Gasteiger partial charge in [-0.2, -0.15) is 5.10 Å². The molecule has 0 fully saturated rings. The summed E-state index contributed by atoms with van der Waals surface area (Å²) in [6.45, 7) is 13.0. The van der Waals surface area contributed by atoms with Gasteiger partial charge < -0.3 is 4.74 Å². The number of allylic oxidation sites excluding steroid dienone is 4. The van der Waals surface area contributed by atoms with E-state index in [2.05, 4.69) is 113 Å². The number of hydrogen-bond donors (Lipinski definition) is 0. The minimum absolute atomic E-state index is 0.105. The molecule has 1 unspecified atom stereocenters. The van der Waals surface area contributed by atoms with Crippen LogP contribution in [-0.4, -0.2) is 9.78 Å². The standard InChI is InChI=1S/C33H34N2O/c1-7-24(33(4,5)6)15-17-30-28-13-8-9-14-29(28)31-18-16-27(21-32(30)31)36-26-12-10-11-25(20-26)35-23(3)19-22(2)34-35/h7-21,30H,1-6H3/b17-15+,24-7+. The molecule has 0 saturated heterocycles. The van der Waals surface area contributed by atoms with Crippen LogP contribution in [0.15, 0.2) is 96.6 Å². The first-order chi connectivity index (χ1) is 17.2. The maximum absolute atomic E-state index is 6.38. The van der Waals surface area contributed by atoms with Gasteiger partial charge in [0.05, 0.1) is 11.4 Å². The average molecular weight is 475 g/mol. The Hall–Kier alpha value is -3.85. The molecule has 4 aromatic rings. The molecule has 182 valence electrons. The van der Waals surface area contributed by atoms with Crippen LogP contribution in [0, 0.1) is 19.3 Å². The molecule has 0 spiro atoms. The predicted molar refractivity (Wildman–Crippen MR) is 149 cm³/mol. The third kappa shape index (κ3) is 4.54. The van der Waals surface area contributed by atoms with Gasteiger partial charge >= 0.3 is 0 Å². The number of hydrogen-bond acceptors (Lipinski definition) is 2. The van der Waals surface area contributed by atoms with E-state index >= 15 is 0 Å². The summed E-state index contributed by atoms with van der Waals surface area (Å²) in [6, 6.07) is 25.4. The number of aryl methyl sites for hydroxylation is 2. The van der Waals surface area contributed by atoms with E-state index < -0.39 is 0 Å². The lowest BCUT2D eigenvalue weighted by Gasteiger charge is -2.20. The van der Waals surface area contributed by atoms with Gasteiger partial charge in [-0.05, 0) is 84.3 Å². The van der Waals surface area contributed by atoms with Crippen LogP contribution in [0.5, 0.6) is 11.5 Å². The fourth-order valence-electron chi connectivity index (χ4n) is 5.18. The summed E-state index contributed by atoms with van der Waals surface area (Å²) in [5, 5.41) is 4.62. The van der Waals surface area contributed by atoms with Crippen molar-refractivity contribution >= 4 is 0 Å². The molecule has 0 aliphatic heterocycles. The lowest BCUT2D eigenvalue weighted by Crippen LogP contribution is -2.07. The number of nitrogens with zero attached hydrogens (tertiary/aromatic N) is 2. The van der Waals surface area contributed by atoms with Crippen molar-refractivity contribution < 1.29 is 4.74 Å². The van der Waals surface area contributed by atoms with Crippen molar-refractivity contribution in [3.63, 3.8) is 0 Å². The van der Waals surface area contributed by atoms with E-state index in [0.29, 0.717) is 0 Å². The summed E-state index contributed by atoms with van der Waals surface area (Å²) < 4.78 is 8.34. The Labute approximate surface area is 214 Å². The first-order valence-corrected chi connectivity index (χ1v) is 12.6. The zero-order valence-corrected chi connectivity index (χ0v) is 22.0. The SMILES string of the molecule is C/C=C(\C=C\C1c2ccccc2-c2ccc(Oc3cccc(-n4nc(C)cc4C)c3)cc21)C(C)(C)C. The maximum atomic E-state index is 6.38. The molecule has 0 amide bonds. The molecule has 0 radical (unpaired) electrons. The number of ether oxygens (including phenoxy) is 1. The molecule has 36 heavy (non-hydrogen) atoms. The molecule has 3 heteroatoms. The molecule has 1 heterocycles. The van der Waals surface area contributed by atoms with Crippen molar-refractivity contribution in [3.05, 3.63) is 119 Å². The summed E-state index contributed by atoms with van der Waals surface area (Å²) >= 11 is 0. The number of fused-ring (bicyclic) bond motifs is 3. The normalized spacial score (nSPS) is 15.3. The first-order valence-electron chi connectivity index (χ1n) is 12.6. The molecule has 5 rings (SSSR count). The third-order valence-electron chi connectivity index (χ3n) is 6.90. The van der Waals surface area contributed by atoms with Crippen LogP contribution >= 0.6 is 0 Å². The maximum Gasteiger partial charge on any atom is 0.129 e. The van der Waals surface area contributed by atoms with E-state index in [1.54, 1.807) is 0 Å². The Morgan fingerprint density at radius 2 is 1.61 bits per heavy atom. The van der Waals surface area contributed by atoms with Crippen molar-refractivity contribution in [1.29, 1.82) is 0 Å². The predicted octanol–water partition coefficient (Wildman–Crippen LogP) is 8.94. The monoisotopic (exact) mass is 474 g/mol. The fourth-order valence-corrected chi connectivity index (χ4v) is 5.18. The van der Waals surface area contributed by atoms with E-state index in [1.165, 1.54) is 27.8 Å². The van der Waals surface area contributed by atoms with Crippen molar-refractivity contribution in [3.8, 4) is 28.3 Å². The molecule has 1 atom stereocenters. The zero-order valence-electron chi connectivity index (χ0n) is 22.0. The second-order valence-corrected chi connectivity index (χ2v) is 10.6. The van der Waals surface area contributed by atoms with Crippen LogP contribution in [0.25, 0.3) is 16.8 Å². The van der Waals surface area contributed by atoms with Crippen LogP contribution in [0.3, 0.4) is 0 Å². The Bertz CT molecular complexity index is 1480. The van der Waals surface area contributed by atoms with Crippen LogP contribution in [0.1, 0.15) is 56.1 Å². The van der Waals surface area contributed by atoms with Gasteiger partial charge in [0, 0.05) is 17.7 Å². The average Bonchev–Trinajstić information content (AvgIpc) is 3.34. The fraction of sp³-hybridized carbons (Fsp3) is 0.242. The van der Waals surface area contributed by atoms with Crippen molar-refractivity contribution in [1.82, 2.24) is 9.78 Å². The number of rotatable bonds is 5. The van der Waals surface area contributed by atoms with Gasteiger partial charge in [-0.3, -0.25) is 0 Å². The Balaban J connectivity index is 1.49. The van der Waals surface area contributed by atoms with Gasteiger partial charge in [-0.1, -0.05) is 75.4 Å². The van der Waals surface area contributed by atoms with Crippen LogP contribution in [0.2, 0.25) is 0 Å². The quantitative estimate of drug-likeness (QED) is 0.270. The van der Waals surface area contributed by atoms with Crippen LogP contribution in [-0.2, 0) is 0 Å². The van der Waals surface area contributed by atoms with E-state index in [4.69, 9.17) is 4.74 Å². The Morgan fingerprint density at radius 3 is 2.33 bits per heavy atom. The summed E-state index contributed by atoms with van der Waals surface area (Å²) in [5.41, 5.74) is 9.75. The summed E-state index contributed by atoms with van der Waals surface area (Å²) in [6.07, 6.45) is 6.86. The summed E-state index contributed by atoms with van der Waals surface area (Å²) in [5.74, 6) is 1.83. The molecule has 0 saturated carbocycles. The lowest BCUT2D eigenvalue weighted by molar-refractivity contribution is 0.481. The molecule has 1 aromatic heterocycles. The molecule has 0 N–H and O–H groups in total. The first kappa shape index (κ1) is 23.9. The Kier molecular flexibility index (Phi) is 6.17. The zero-order chi connectivity index (χ0) is 25.4. The highest BCUT2D eigenvalue weighted by Gasteiger charge is 2.27. The van der Waals surface area contributed by atoms with Crippen molar-refractivity contribution in [2.45, 2.75) is 47.5 Å². The van der Waals surface area contributed by atoms with Gasteiger partial charge in [-0.15, -0.1) is 0 Å². The van der Waals surface area contributed by atoms with E-state index in [9.17, 15) is 0 Å². The third-order valence-corrected chi connectivity index (χ3v) is 6.90. The van der Waals surface area contributed by atoms with E-state index in [1.807, 2.05) is 29.8 Å². The molecule has 3 aromatic carbocycles. The molecule has 1 aliphatic carbocycles. The number of benzene rings is 3. The second kappa shape index (κ2) is 9.31. The highest BCUT2D eigenvalue weighted by molar-refractivity contribution is 5.80. The van der Waals surface area contributed by atoms with Crippen molar-refractivity contribution in [2.75, 3.05) is 0 Å². The highest BCUT2D eigenvalue weighted by Crippen LogP contribution is 2.47. The van der Waals surface area contributed by atoms with Gasteiger partial charge in [0.15, 0.2) is 0 Å². The van der Waals surface area contributed by atoms with Crippen LogP contribution < -0.4 is 4.74 Å². The van der Waals surface area contributed by atoms with Crippen LogP contribution in [0.4, 0.5) is 0 Å². The van der Waals surface area contributed by atoms with E-state index in [-0.39, 0.29) is 11.3 Å². The smallest absolute Gasteiger partial charge is 0.129 e. The van der Waals surface area contributed by atoms with Gasteiger partial charge in [-0.25, -0.2) is 4.68 Å². The highest BCUT2D eigenvalue weighted by atomic mass is 16.5. The van der Waals surface area contributed by atoms with Gasteiger partial charge in [0.1, 0.15) is 11.5 Å². The van der Waals surface area contributed by atoms with Gasteiger partial charge in [0.2, 0.25) is 0 Å². The molecule has 1 aliphatic rings. The number of aromatic nitrogens is 2. The minimum atomic E-state index is 0.105. The largest absolute Gasteiger partial charge is 0.457 e. The molecule has 3 nitrogen and oxygen atoms in total. The molecule has 0 bridgehead atoms. The molecular weight excluding hydrogens is 440 g/mol. The topological polar surface area (TPSA) is 27.1 Å². The summed E-state index contributed by atoms with van der Waals surface area (Å²) in [7, 11) is 0. The lowest BCUT2D eigenvalue weighted by atomic mass is 9.85. The minimum Gasteiger partial charge on any atom is -0.457 e. The Morgan fingerprint density at radius 1 is 0.861 bits per heavy atom. The molecular formula is C33H34N2O. The second-order valence-electron chi connectivity index (χ2n) is 10.6. The van der Waals surface area contributed by atoms with Crippen molar-refractivity contribution in [2.24, 2.45) is 5.41 Å². The summed E-state index contributed by atoms with van der Waals surface area (Å²) in [4.78, 5) is 0. The van der Waals surface area contributed by atoms with Gasteiger partial charge in [0.25, 0.3) is 0 Å².